The summed E-state index contributed by atoms with van der Waals surface area (Å²) in [5.74, 6) is 1.42. The number of hydrogen-bond donors (Lipinski definition) is 1. The highest BCUT2D eigenvalue weighted by molar-refractivity contribution is 7.91. The number of fused-ring (bicyclic) bond motifs is 3. The van der Waals surface area contributed by atoms with Gasteiger partial charge in [0.15, 0.2) is 9.84 Å². The summed E-state index contributed by atoms with van der Waals surface area (Å²) in [4.78, 5) is 15.3. The largest absolute Gasteiger partial charge is 0.352 e. The lowest BCUT2D eigenvalue weighted by molar-refractivity contribution is 0.0873. The van der Waals surface area contributed by atoms with Crippen LogP contribution in [0.4, 0.5) is 0 Å². The first-order chi connectivity index (χ1) is 16.9. The average molecular weight is 494 g/mol. The Labute approximate surface area is 204 Å². The molecule has 1 aromatic heterocycles. The summed E-state index contributed by atoms with van der Waals surface area (Å²) in [6.07, 6.45) is 2.85. The molecule has 10 heteroatoms. The summed E-state index contributed by atoms with van der Waals surface area (Å²) in [5.41, 5.74) is 2.18. The van der Waals surface area contributed by atoms with Crippen LogP contribution in [0.1, 0.15) is 35.2 Å². The van der Waals surface area contributed by atoms with E-state index < -0.39 is 9.84 Å². The van der Waals surface area contributed by atoms with Crippen LogP contribution in [-0.4, -0.2) is 61.5 Å². The van der Waals surface area contributed by atoms with Crippen molar-refractivity contribution in [1.29, 1.82) is 5.26 Å². The number of nitrogens with zero attached hydrogens (tertiary/aromatic N) is 4. The second-order valence-electron chi connectivity index (χ2n) is 9.51. The molecule has 1 saturated carbocycles. The predicted molar refractivity (Wildman–Crippen MR) is 128 cm³/mol. The molecule has 1 amide bonds. The molecule has 1 aliphatic heterocycles. The maximum Gasteiger partial charge on any atom is 0.251 e. The third kappa shape index (κ3) is 5.06. The molecule has 1 aliphatic carbocycles. The molecule has 0 spiro atoms. The fourth-order valence-electron chi connectivity index (χ4n) is 5.52. The van der Waals surface area contributed by atoms with Crippen LogP contribution in [0.15, 0.2) is 52.0 Å². The summed E-state index contributed by atoms with van der Waals surface area (Å²) in [5, 5.41) is 19.5. The van der Waals surface area contributed by atoms with E-state index >= 15 is 0 Å². The van der Waals surface area contributed by atoms with Gasteiger partial charge in [-0.25, -0.2) is 13.0 Å². The highest BCUT2D eigenvalue weighted by atomic mass is 32.2. The molecule has 0 radical (unpaired) electrons. The van der Waals surface area contributed by atoms with Crippen LogP contribution in [0.25, 0.3) is 11.0 Å². The highest BCUT2D eigenvalue weighted by Crippen LogP contribution is 2.41. The molecule has 2 aromatic carbocycles. The second-order valence-corrected chi connectivity index (χ2v) is 11.6. The number of likely N-dealkylation sites (tertiary alicyclic amines) is 1. The molecular formula is C25H27N5O4S. The van der Waals surface area contributed by atoms with Gasteiger partial charge in [0.25, 0.3) is 5.91 Å². The van der Waals surface area contributed by atoms with Gasteiger partial charge in [-0.05, 0) is 96.3 Å². The van der Waals surface area contributed by atoms with Crippen molar-refractivity contribution in [1.82, 2.24) is 20.5 Å². The Bertz CT molecular complexity index is 1350. The van der Waals surface area contributed by atoms with Crippen LogP contribution >= 0.6 is 0 Å². The molecule has 2 heterocycles. The number of hydrogen-bond acceptors (Lipinski definition) is 8. The number of piperidine rings is 1. The van der Waals surface area contributed by atoms with Crippen molar-refractivity contribution in [3.05, 3.63) is 53.6 Å². The van der Waals surface area contributed by atoms with E-state index in [9.17, 15) is 13.2 Å². The van der Waals surface area contributed by atoms with Crippen LogP contribution in [0, 0.1) is 29.1 Å². The molecule has 9 nitrogen and oxygen atoms in total. The Hall–Kier alpha value is -3.29. The number of carbonyl (C=O) groups excluding carboxylic acids is 1. The summed E-state index contributed by atoms with van der Waals surface area (Å²) < 4.78 is 30.0. The lowest BCUT2D eigenvalue weighted by Crippen LogP contribution is -2.46. The van der Waals surface area contributed by atoms with Crippen LogP contribution in [-0.2, 0) is 9.84 Å². The molecule has 5 rings (SSSR count). The van der Waals surface area contributed by atoms with E-state index in [-0.39, 0.29) is 16.6 Å². The summed E-state index contributed by atoms with van der Waals surface area (Å²) >= 11 is 0. The SMILES string of the molecule is N#Cc1ccc(S(=O)(=O)CCCN2CC3CCC(C2)C3CNC(=O)c2ccc3nonc3c2)cc1. The fraction of sp³-hybridized carbons (Fsp3) is 0.440. The number of sulfone groups is 1. The third-order valence-electron chi connectivity index (χ3n) is 7.35. The van der Waals surface area contributed by atoms with Gasteiger partial charge < -0.3 is 10.2 Å². The first-order valence-electron chi connectivity index (χ1n) is 11.9. The number of nitriles is 1. The Morgan fingerprint density at radius 1 is 1.09 bits per heavy atom. The topological polar surface area (TPSA) is 129 Å². The minimum atomic E-state index is -3.36. The van der Waals surface area contributed by atoms with E-state index in [2.05, 4.69) is 20.5 Å². The monoisotopic (exact) mass is 493 g/mol. The van der Waals surface area contributed by atoms with Crippen molar-refractivity contribution in [2.24, 2.45) is 17.8 Å². The molecule has 35 heavy (non-hydrogen) atoms. The number of amides is 1. The second kappa shape index (κ2) is 9.76. The van der Waals surface area contributed by atoms with Crippen LogP contribution in [0.2, 0.25) is 0 Å². The normalized spacial score (nSPS) is 22.2. The van der Waals surface area contributed by atoms with Gasteiger partial charge in [-0.2, -0.15) is 5.26 Å². The summed E-state index contributed by atoms with van der Waals surface area (Å²) in [6, 6.07) is 13.2. The molecule has 2 aliphatic rings. The molecule has 1 saturated heterocycles. The molecule has 2 fully saturated rings. The van der Waals surface area contributed by atoms with Gasteiger partial charge in [0.1, 0.15) is 11.0 Å². The van der Waals surface area contributed by atoms with Gasteiger partial charge in [0, 0.05) is 25.2 Å². The molecule has 182 valence electrons. The average Bonchev–Trinajstić information content (AvgIpc) is 3.43. The van der Waals surface area contributed by atoms with E-state index in [0.717, 1.165) is 32.5 Å². The van der Waals surface area contributed by atoms with Crippen LogP contribution < -0.4 is 5.32 Å². The number of aromatic nitrogens is 2. The van der Waals surface area contributed by atoms with E-state index in [1.54, 1.807) is 18.2 Å². The first-order valence-corrected chi connectivity index (χ1v) is 13.5. The number of carbonyl (C=O) groups is 1. The van der Waals surface area contributed by atoms with Crippen molar-refractivity contribution in [2.45, 2.75) is 24.2 Å². The van der Waals surface area contributed by atoms with Gasteiger partial charge in [-0.15, -0.1) is 0 Å². The molecule has 3 aromatic rings. The summed E-state index contributed by atoms with van der Waals surface area (Å²) in [7, 11) is -3.36. The van der Waals surface area contributed by atoms with Gasteiger partial charge in [-0.3, -0.25) is 4.79 Å². The van der Waals surface area contributed by atoms with E-state index in [4.69, 9.17) is 9.89 Å². The molecular weight excluding hydrogens is 466 g/mol. The van der Waals surface area contributed by atoms with Gasteiger partial charge >= 0.3 is 0 Å². The van der Waals surface area contributed by atoms with E-state index in [0.29, 0.717) is 52.9 Å². The third-order valence-corrected chi connectivity index (χ3v) is 9.17. The zero-order valence-corrected chi connectivity index (χ0v) is 20.1. The van der Waals surface area contributed by atoms with Crippen molar-refractivity contribution >= 4 is 26.8 Å². The van der Waals surface area contributed by atoms with Crippen LogP contribution in [0.5, 0.6) is 0 Å². The highest BCUT2D eigenvalue weighted by Gasteiger charge is 2.41. The lowest BCUT2D eigenvalue weighted by Gasteiger charge is -2.38. The number of rotatable bonds is 8. The zero-order valence-electron chi connectivity index (χ0n) is 19.3. The number of benzene rings is 2. The molecule has 1 N–H and O–H groups in total. The molecule has 2 unspecified atom stereocenters. The molecule has 2 atom stereocenters. The van der Waals surface area contributed by atoms with E-state index in [1.807, 2.05) is 6.07 Å². The zero-order chi connectivity index (χ0) is 24.4. The quantitative estimate of drug-likeness (QED) is 0.507. The lowest BCUT2D eigenvalue weighted by atomic mass is 9.85. The Morgan fingerprint density at radius 2 is 1.80 bits per heavy atom. The predicted octanol–water partition coefficient (Wildman–Crippen LogP) is 2.65. The maximum atomic E-state index is 12.7. The fourth-order valence-corrected chi connectivity index (χ4v) is 6.81. The maximum absolute atomic E-state index is 12.7. The molecule has 2 bridgehead atoms. The van der Waals surface area contributed by atoms with E-state index in [1.165, 1.54) is 24.3 Å². The van der Waals surface area contributed by atoms with Crippen molar-refractivity contribution < 1.29 is 17.8 Å². The Kier molecular flexibility index (Phi) is 6.54. The smallest absolute Gasteiger partial charge is 0.251 e. The standard InChI is InChI=1S/C25H27N5O4S/c26-13-17-2-7-21(8-3-17)35(32,33)11-1-10-30-15-19-4-5-20(16-30)22(19)14-27-25(31)18-6-9-23-24(12-18)29-34-28-23/h2-3,6-9,12,19-20,22H,1,4-5,10-11,14-16H2,(H,27,31). The van der Waals surface area contributed by atoms with Crippen molar-refractivity contribution in [2.75, 3.05) is 31.9 Å². The Morgan fingerprint density at radius 3 is 2.51 bits per heavy atom. The van der Waals surface area contributed by atoms with Crippen LogP contribution in [0.3, 0.4) is 0 Å². The number of nitrogens with one attached hydrogen (secondary N) is 1. The van der Waals surface area contributed by atoms with Crippen molar-refractivity contribution in [3.8, 4) is 6.07 Å². The minimum Gasteiger partial charge on any atom is -0.352 e. The summed E-state index contributed by atoms with van der Waals surface area (Å²) in [6.45, 7) is 3.26. The van der Waals surface area contributed by atoms with Gasteiger partial charge in [0.05, 0.1) is 22.3 Å². The van der Waals surface area contributed by atoms with Crippen molar-refractivity contribution in [3.63, 3.8) is 0 Å². The Balaban J connectivity index is 1.10. The minimum absolute atomic E-state index is 0.0929. The van der Waals surface area contributed by atoms with Gasteiger partial charge in [-0.1, -0.05) is 0 Å². The first kappa shape index (κ1) is 23.5. The van der Waals surface area contributed by atoms with Gasteiger partial charge in [0.2, 0.25) is 0 Å².